The molecule has 5 heteroatoms. The highest BCUT2D eigenvalue weighted by Gasteiger charge is 2.12. The Balaban J connectivity index is 2.45. The molecular formula is C14H13BrNO3. The lowest BCUT2D eigenvalue weighted by atomic mass is 10.1. The van der Waals surface area contributed by atoms with Gasteiger partial charge in [0.05, 0.1) is 6.61 Å². The highest BCUT2D eigenvalue weighted by Crippen LogP contribution is 2.34. The Morgan fingerprint density at radius 2 is 2.21 bits per heavy atom. The normalized spacial score (nSPS) is 10.6. The van der Waals surface area contributed by atoms with Crippen molar-refractivity contribution < 1.29 is 14.6 Å². The van der Waals surface area contributed by atoms with Gasteiger partial charge < -0.3 is 9.84 Å². The summed E-state index contributed by atoms with van der Waals surface area (Å²) in [5, 5.41) is 11.2. The van der Waals surface area contributed by atoms with Crippen LogP contribution in [0.4, 0.5) is 0 Å². The summed E-state index contributed by atoms with van der Waals surface area (Å²) in [6, 6.07) is 5.31. The van der Waals surface area contributed by atoms with Crippen molar-refractivity contribution in [3.05, 3.63) is 28.5 Å². The second kappa shape index (κ2) is 6.02. The van der Waals surface area contributed by atoms with Crippen molar-refractivity contribution in [1.29, 1.82) is 0 Å². The van der Waals surface area contributed by atoms with E-state index < -0.39 is 0 Å². The molecule has 0 aliphatic heterocycles. The molecule has 0 amide bonds. The Morgan fingerprint density at radius 3 is 2.89 bits per heavy atom. The smallest absolute Gasteiger partial charge is 0.257 e. The van der Waals surface area contributed by atoms with Crippen molar-refractivity contribution in [1.82, 2.24) is 4.98 Å². The number of halogens is 1. The monoisotopic (exact) mass is 322 g/mol. The zero-order valence-electron chi connectivity index (χ0n) is 10.4. The molecule has 1 heterocycles. The van der Waals surface area contributed by atoms with Gasteiger partial charge in [-0.25, -0.2) is 4.98 Å². The number of benzene rings is 1. The molecule has 2 rings (SSSR count). The molecule has 0 aliphatic carbocycles. The summed E-state index contributed by atoms with van der Waals surface area (Å²) in [5.74, 6) is 0.486. The number of rotatable bonds is 5. The molecule has 0 atom stereocenters. The van der Waals surface area contributed by atoms with Crippen LogP contribution in [-0.2, 0) is 4.79 Å². The van der Waals surface area contributed by atoms with Gasteiger partial charge in [0.2, 0.25) is 0 Å². The summed E-state index contributed by atoms with van der Waals surface area (Å²) < 4.78 is 6.08. The maximum atomic E-state index is 10.7. The zero-order valence-corrected chi connectivity index (χ0v) is 12.0. The van der Waals surface area contributed by atoms with Crippen LogP contribution in [-0.4, -0.2) is 23.0 Å². The molecule has 99 valence electrons. The van der Waals surface area contributed by atoms with E-state index in [1.165, 1.54) is 0 Å². The van der Waals surface area contributed by atoms with Gasteiger partial charge in [0.1, 0.15) is 10.4 Å². The minimum absolute atomic E-state index is 0.106. The van der Waals surface area contributed by atoms with Gasteiger partial charge in [-0.3, -0.25) is 4.79 Å². The highest BCUT2D eigenvalue weighted by atomic mass is 79.9. The Morgan fingerprint density at radius 1 is 1.42 bits per heavy atom. The summed E-state index contributed by atoms with van der Waals surface area (Å²) in [4.78, 5) is 14.6. The molecule has 1 aromatic carbocycles. The highest BCUT2D eigenvalue weighted by molar-refractivity contribution is 9.10. The Kier molecular flexibility index (Phi) is 4.37. The summed E-state index contributed by atoms with van der Waals surface area (Å²) in [7, 11) is 0. The maximum Gasteiger partial charge on any atom is 0.257 e. The van der Waals surface area contributed by atoms with E-state index in [1.54, 1.807) is 18.4 Å². The van der Waals surface area contributed by atoms with Gasteiger partial charge in [0.25, 0.3) is 6.29 Å². The van der Waals surface area contributed by atoms with Crippen molar-refractivity contribution >= 4 is 33.0 Å². The van der Waals surface area contributed by atoms with Crippen LogP contribution in [0, 0.1) is 0 Å². The second-order valence-corrected chi connectivity index (χ2v) is 4.86. The number of aromatic nitrogens is 1. The molecule has 1 N–H and O–H groups in total. The molecule has 4 nitrogen and oxygen atoms in total. The summed E-state index contributed by atoms with van der Waals surface area (Å²) >= 11 is 3.27. The number of pyridine rings is 1. The van der Waals surface area contributed by atoms with E-state index in [-0.39, 0.29) is 11.4 Å². The van der Waals surface area contributed by atoms with Crippen LogP contribution >= 0.6 is 15.9 Å². The number of unbranched alkanes of at least 4 members (excludes halogenated alkanes) is 1. The van der Waals surface area contributed by atoms with E-state index in [1.807, 2.05) is 6.07 Å². The Bertz CT molecular complexity index is 613. The van der Waals surface area contributed by atoms with Gasteiger partial charge in [-0.1, -0.05) is 13.3 Å². The van der Waals surface area contributed by atoms with Crippen molar-refractivity contribution in [2.24, 2.45) is 0 Å². The van der Waals surface area contributed by atoms with E-state index in [4.69, 9.17) is 4.74 Å². The predicted octanol–water partition coefficient (Wildman–Crippen LogP) is 3.34. The van der Waals surface area contributed by atoms with Crippen LogP contribution < -0.4 is 4.74 Å². The lowest BCUT2D eigenvalue weighted by Crippen LogP contribution is -1.97. The van der Waals surface area contributed by atoms with E-state index >= 15 is 0 Å². The standard InChI is InChI=1S/C14H13BrNO3/c1-2-3-6-19-9-4-5-10-11(7-9)13(18)12(8-17)16-14(10)15/h4-5,7,18H,2-3,6H2,1H3. The first-order chi connectivity index (χ1) is 9.17. The number of fused-ring (bicyclic) bond motifs is 1. The van der Waals surface area contributed by atoms with E-state index in [9.17, 15) is 9.90 Å². The van der Waals surface area contributed by atoms with Gasteiger partial charge >= 0.3 is 0 Å². The second-order valence-electron chi connectivity index (χ2n) is 4.11. The van der Waals surface area contributed by atoms with Crippen molar-refractivity contribution in [3.8, 4) is 11.5 Å². The zero-order chi connectivity index (χ0) is 13.8. The first-order valence-electron chi connectivity index (χ1n) is 6.00. The number of aromatic hydroxyl groups is 1. The first kappa shape index (κ1) is 13.8. The minimum atomic E-state index is -0.172. The van der Waals surface area contributed by atoms with Gasteiger partial charge in [0.15, 0.2) is 11.4 Å². The molecule has 1 radical (unpaired) electrons. The average molecular weight is 323 g/mol. The van der Waals surface area contributed by atoms with E-state index in [0.717, 1.165) is 18.2 Å². The Hall–Kier alpha value is -1.62. The van der Waals surface area contributed by atoms with Crippen LogP contribution in [0.1, 0.15) is 25.5 Å². The fourth-order valence-corrected chi connectivity index (χ4v) is 2.26. The molecule has 0 aliphatic rings. The van der Waals surface area contributed by atoms with Crippen molar-refractivity contribution in [3.63, 3.8) is 0 Å². The van der Waals surface area contributed by atoms with Crippen molar-refractivity contribution in [2.75, 3.05) is 6.61 Å². The molecule has 0 spiro atoms. The summed E-state index contributed by atoms with van der Waals surface area (Å²) in [5.41, 5.74) is -0.106. The Labute approximate surface area is 119 Å². The van der Waals surface area contributed by atoms with E-state index in [2.05, 4.69) is 27.8 Å². The van der Waals surface area contributed by atoms with Gasteiger partial charge in [-0.15, -0.1) is 0 Å². The lowest BCUT2D eigenvalue weighted by Gasteiger charge is -2.09. The molecule has 0 unspecified atom stereocenters. The number of ether oxygens (including phenoxy) is 1. The van der Waals surface area contributed by atoms with Crippen LogP contribution in [0.25, 0.3) is 10.8 Å². The number of hydrogen-bond donors (Lipinski definition) is 1. The molecule has 2 aromatic rings. The average Bonchev–Trinajstić information content (AvgIpc) is 2.43. The summed E-state index contributed by atoms with van der Waals surface area (Å²) in [6.45, 7) is 2.71. The van der Waals surface area contributed by atoms with Crippen LogP contribution in [0.2, 0.25) is 0 Å². The summed E-state index contributed by atoms with van der Waals surface area (Å²) in [6.07, 6.45) is 3.64. The van der Waals surface area contributed by atoms with Gasteiger partial charge in [-0.05, 0) is 40.5 Å². The quantitative estimate of drug-likeness (QED) is 0.677. The number of hydrogen-bond acceptors (Lipinski definition) is 4. The fraction of sp³-hybridized carbons (Fsp3) is 0.286. The molecule has 0 saturated heterocycles. The topological polar surface area (TPSA) is 59.4 Å². The van der Waals surface area contributed by atoms with Crippen molar-refractivity contribution in [2.45, 2.75) is 19.8 Å². The molecule has 1 aromatic heterocycles. The lowest BCUT2D eigenvalue weighted by molar-refractivity contribution is 0.309. The molecule has 0 bridgehead atoms. The maximum absolute atomic E-state index is 10.7. The van der Waals surface area contributed by atoms with E-state index in [0.29, 0.717) is 22.3 Å². The predicted molar refractivity (Wildman–Crippen MR) is 76.3 cm³/mol. The fourth-order valence-electron chi connectivity index (χ4n) is 1.73. The minimum Gasteiger partial charge on any atom is -0.505 e. The first-order valence-corrected chi connectivity index (χ1v) is 6.79. The van der Waals surface area contributed by atoms with Crippen LogP contribution in [0.3, 0.4) is 0 Å². The SMILES string of the molecule is CCCCOc1ccc2c(Br)nc([C]=O)c(O)c2c1. The van der Waals surface area contributed by atoms with Gasteiger partial charge in [-0.2, -0.15) is 0 Å². The van der Waals surface area contributed by atoms with Crippen LogP contribution in [0.5, 0.6) is 11.5 Å². The third-order valence-electron chi connectivity index (χ3n) is 2.77. The van der Waals surface area contributed by atoms with Crippen LogP contribution in [0.15, 0.2) is 22.8 Å². The third kappa shape index (κ3) is 2.87. The molecule has 0 fully saturated rings. The largest absolute Gasteiger partial charge is 0.505 e. The molecular weight excluding hydrogens is 310 g/mol. The van der Waals surface area contributed by atoms with Gasteiger partial charge in [0, 0.05) is 10.8 Å². The molecule has 0 saturated carbocycles. The number of nitrogens with zero attached hydrogens (tertiary/aromatic N) is 1. The molecule has 19 heavy (non-hydrogen) atoms. The number of carbonyl (C=O) groups excluding carboxylic acids is 1. The third-order valence-corrected chi connectivity index (χ3v) is 3.37.